The smallest absolute Gasteiger partial charge is 0.260 e. The first-order valence-corrected chi connectivity index (χ1v) is 16.1. The average molecular weight is 600 g/mol. The van der Waals surface area contributed by atoms with Crippen molar-refractivity contribution < 1.29 is 14.2 Å². The summed E-state index contributed by atoms with van der Waals surface area (Å²) < 4.78 is 20.8. The van der Waals surface area contributed by atoms with Gasteiger partial charge in [0, 0.05) is 16.6 Å². The zero-order valence-electron chi connectivity index (χ0n) is 25.4. The van der Waals surface area contributed by atoms with Gasteiger partial charge in [-0.3, -0.25) is 0 Å². The van der Waals surface area contributed by atoms with Crippen LogP contribution in [0.1, 0.15) is 0 Å². The van der Waals surface area contributed by atoms with Gasteiger partial charge in [0.2, 0.25) is 0 Å². The van der Waals surface area contributed by atoms with Gasteiger partial charge in [-0.1, -0.05) is 133 Å². The van der Waals surface area contributed by atoms with E-state index in [-0.39, 0.29) is 13.4 Å². The lowest BCUT2D eigenvalue weighted by molar-refractivity contribution is 0.467. The van der Waals surface area contributed by atoms with E-state index in [2.05, 4.69) is 146 Å². The fraction of sp³-hybridized carbons (Fsp3) is 0. The highest BCUT2D eigenvalue weighted by Crippen LogP contribution is 2.45. The van der Waals surface area contributed by atoms with E-state index in [1.165, 1.54) is 0 Å². The molecule has 0 fully saturated rings. The molecule has 5 heteroatoms. The third-order valence-corrected chi connectivity index (χ3v) is 9.75. The van der Waals surface area contributed by atoms with Gasteiger partial charge in [0.15, 0.2) is 0 Å². The summed E-state index contributed by atoms with van der Waals surface area (Å²) in [5.41, 5.74) is 11.0. The maximum Gasteiger partial charge on any atom is 0.260 e. The van der Waals surface area contributed by atoms with Crippen LogP contribution in [0.3, 0.4) is 0 Å². The lowest BCUT2D eigenvalue weighted by atomic mass is 9.31. The Bertz CT molecular complexity index is 2190. The van der Waals surface area contributed by atoms with Gasteiger partial charge in [-0.25, -0.2) is 0 Å². The van der Waals surface area contributed by atoms with Gasteiger partial charge in [-0.05, 0) is 62.7 Å². The molecule has 0 atom stereocenters. The van der Waals surface area contributed by atoms with Gasteiger partial charge in [0.1, 0.15) is 34.5 Å². The fourth-order valence-corrected chi connectivity index (χ4v) is 7.83. The summed E-state index contributed by atoms with van der Waals surface area (Å²) >= 11 is 0. The van der Waals surface area contributed by atoms with Crippen molar-refractivity contribution in [2.45, 2.75) is 0 Å². The van der Waals surface area contributed by atoms with Gasteiger partial charge < -0.3 is 14.2 Å². The van der Waals surface area contributed by atoms with Gasteiger partial charge in [-0.15, -0.1) is 0 Å². The normalized spacial score (nSPS) is 13.1. The summed E-state index contributed by atoms with van der Waals surface area (Å²) in [6, 6.07) is 55.1. The number of para-hydroxylation sites is 4. The lowest BCUT2D eigenvalue weighted by Gasteiger charge is -2.38. The summed E-state index contributed by atoms with van der Waals surface area (Å²) in [5, 5.41) is 0. The largest absolute Gasteiger partial charge is 0.458 e. The minimum atomic E-state index is -0.164. The third kappa shape index (κ3) is 3.90. The Morgan fingerprint density at radius 1 is 0.298 bits per heavy atom. The van der Waals surface area contributed by atoms with Crippen LogP contribution in [-0.2, 0) is 0 Å². The first-order chi connectivity index (χ1) is 23.3. The van der Waals surface area contributed by atoms with E-state index >= 15 is 0 Å². The maximum absolute atomic E-state index is 7.11. The molecule has 0 unspecified atom stereocenters. The van der Waals surface area contributed by atoms with E-state index < -0.39 is 0 Å². The van der Waals surface area contributed by atoms with E-state index in [1.54, 1.807) is 0 Å². The van der Waals surface area contributed by atoms with Crippen molar-refractivity contribution in [3.05, 3.63) is 158 Å². The summed E-state index contributed by atoms with van der Waals surface area (Å²) in [6.45, 7) is -0.216. The number of rotatable bonds is 3. The van der Waals surface area contributed by atoms with Crippen LogP contribution in [0.5, 0.6) is 34.5 Å². The molecule has 7 aromatic carbocycles. The molecule has 0 aromatic heterocycles. The van der Waals surface area contributed by atoms with E-state index in [9.17, 15) is 0 Å². The van der Waals surface area contributed by atoms with Crippen LogP contribution in [-0.4, -0.2) is 13.4 Å². The Labute approximate surface area is 274 Å². The Hall–Kier alpha value is -5.93. The van der Waals surface area contributed by atoms with Gasteiger partial charge in [0.25, 0.3) is 13.4 Å². The first-order valence-electron chi connectivity index (χ1n) is 16.1. The van der Waals surface area contributed by atoms with Crippen LogP contribution in [0, 0.1) is 0 Å². The molecule has 10 rings (SSSR count). The Balaban J connectivity index is 1.42. The van der Waals surface area contributed by atoms with Crippen molar-refractivity contribution >= 4 is 46.2 Å². The summed E-state index contributed by atoms with van der Waals surface area (Å²) in [7, 11) is 0. The number of hydrogen-bond donors (Lipinski definition) is 0. The zero-order valence-corrected chi connectivity index (χ0v) is 25.4. The van der Waals surface area contributed by atoms with E-state index in [1.807, 2.05) is 12.1 Å². The second-order valence-electron chi connectivity index (χ2n) is 12.3. The number of ether oxygens (including phenoxy) is 3. The molecule has 0 aliphatic carbocycles. The SMILES string of the molecule is c1ccc(-c2c3c4c(c(-c5ccccc5)c2B2c5ccccc5Oc5ccccc52)Oc2ccccc2B4c2ccccc2O3)cc1. The van der Waals surface area contributed by atoms with Crippen LogP contribution in [0.25, 0.3) is 22.3 Å². The van der Waals surface area contributed by atoms with Crippen LogP contribution in [0.15, 0.2) is 158 Å². The van der Waals surface area contributed by atoms with Crippen molar-refractivity contribution in [2.24, 2.45) is 0 Å². The van der Waals surface area contributed by atoms with Crippen LogP contribution in [0.4, 0.5) is 0 Å². The topological polar surface area (TPSA) is 27.7 Å². The molecule has 0 saturated heterocycles. The van der Waals surface area contributed by atoms with Gasteiger partial charge >= 0.3 is 0 Å². The van der Waals surface area contributed by atoms with Crippen molar-refractivity contribution in [1.29, 1.82) is 0 Å². The number of benzene rings is 7. The standard InChI is InChI=1S/C42H26B2O3/c1-3-15-27(16-4-1)37-39(43-29-19-7-11-23-33(29)45-34-24-12-8-20-30(34)43)38(28-17-5-2-6-18-28)42-40-41(37)46-35-25-13-9-21-31(35)44(40)32-22-10-14-26-36(32)47-42/h1-26H. The highest BCUT2D eigenvalue weighted by Gasteiger charge is 2.46. The number of fused-ring (bicyclic) bond motifs is 6. The van der Waals surface area contributed by atoms with E-state index in [0.29, 0.717) is 0 Å². The summed E-state index contributed by atoms with van der Waals surface area (Å²) in [5.74, 6) is 5.15. The molecule has 0 bridgehead atoms. The van der Waals surface area contributed by atoms with Gasteiger partial charge in [-0.2, -0.15) is 0 Å². The molecular weight excluding hydrogens is 574 g/mol. The molecule has 3 nitrogen and oxygen atoms in total. The fourth-order valence-electron chi connectivity index (χ4n) is 7.83. The molecule has 0 N–H and O–H groups in total. The molecular formula is C42H26B2O3. The molecule has 218 valence electrons. The third-order valence-electron chi connectivity index (χ3n) is 9.75. The Kier molecular flexibility index (Phi) is 5.76. The highest BCUT2D eigenvalue weighted by molar-refractivity contribution is 7.01. The lowest BCUT2D eigenvalue weighted by Crippen LogP contribution is -2.60. The quantitative estimate of drug-likeness (QED) is 0.221. The first kappa shape index (κ1) is 26.3. The van der Waals surface area contributed by atoms with Crippen molar-refractivity contribution in [3.63, 3.8) is 0 Å². The summed E-state index contributed by atoms with van der Waals surface area (Å²) in [6.07, 6.45) is 0. The van der Waals surface area contributed by atoms with Crippen LogP contribution < -0.4 is 47.0 Å². The second-order valence-corrected chi connectivity index (χ2v) is 12.3. The minimum absolute atomic E-state index is 0.0527. The summed E-state index contributed by atoms with van der Waals surface area (Å²) in [4.78, 5) is 0. The molecule has 3 aliphatic heterocycles. The average Bonchev–Trinajstić information content (AvgIpc) is 3.14. The van der Waals surface area contributed by atoms with Crippen molar-refractivity contribution in [1.82, 2.24) is 0 Å². The predicted octanol–water partition coefficient (Wildman–Crippen LogP) is 6.37. The van der Waals surface area contributed by atoms with Gasteiger partial charge in [0.05, 0.1) is 0 Å². The molecule has 3 aliphatic rings. The maximum atomic E-state index is 7.11. The Morgan fingerprint density at radius 3 is 1.02 bits per heavy atom. The second kappa shape index (κ2) is 10.3. The van der Waals surface area contributed by atoms with Crippen molar-refractivity contribution in [2.75, 3.05) is 0 Å². The Morgan fingerprint density at radius 2 is 0.617 bits per heavy atom. The van der Waals surface area contributed by atoms with Crippen LogP contribution >= 0.6 is 0 Å². The molecule has 3 heterocycles. The van der Waals surface area contributed by atoms with E-state index in [0.717, 1.165) is 89.5 Å². The highest BCUT2D eigenvalue weighted by atomic mass is 16.5. The minimum Gasteiger partial charge on any atom is -0.458 e. The molecule has 0 radical (unpaired) electrons. The molecule has 7 aromatic rings. The van der Waals surface area contributed by atoms with E-state index in [4.69, 9.17) is 14.2 Å². The zero-order chi connectivity index (χ0) is 30.9. The molecule has 0 saturated carbocycles. The predicted molar refractivity (Wildman–Crippen MR) is 193 cm³/mol. The molecule has 0 spiro atoms. The monoisotopic (exact) mass is 600 g/mol. The molecule has 0 amide bonds. The van der Waals surface area contributed by atoms with Crippen molar-refractivity contribution in [3.8, 4) is 56.8 Å². The van der Waals surface area contributed by atoms with Crippen LogP contribution in [0.2, 0.25) is 0 Å². The molecule has 47 heavy (non-hydrogen) atoms. The number of hydrogen-bond acceptors (Lipinski definition) is 3.